The molecule has 1 aliphatic carbocycles. The Bertz CT molecular complexity index is 725. The van der Waals surface area contributed by atoms with Crippen molar-refractivity contribution < 1.29 is 14.4 Å². The van der Waals surface area contributed by atoms with E-state index in [1.165, 1.54) is 5.56 Å². The molecule has 1 aliphatic heterocycles. The van der Waals surface area contributed by atoms with Gasteiger partial charge < -0.3 is 10.6 Å². The van der Waals surface area contributed by atoms with Gasteiger partial charge in [-0.3, -0.25) is 19.8 Å². The van der Waals surface area contributed by atoms with Gasteiger partial charge in [-0.1, -0.05) is 44.2 Å². The lowest BCUT2D eigenvalue weighted by Crippen LogP contribution is -2.51. The molecule has 3 rings (SSSR count). The topological polar surface area (TPSA) is 90.5 Å². The Morgan fingerprint density at radius 2 is 1.83 bits per heavy atom. The summed E-state index contributed by atoms with van der Waals surface area (Å²) in [6, 6.07) is 10.2. The van der Waals surface area contributed by atoms with Crippen LogP contribution in [0.3, 0.4) is 0 Å². The van der Waals surface area contributed by atoms with Crippen molar-refractivity contribution in [3.63, 3.8) is 0 Å². The summed E-state index contributed by atoms with van der Waals surface area (Å²) >= 11 is 0. The van der Waals surface area contributed by atoms with Crippen LogP contribution in [0.5, 0.6) is 0 Å². The van der Waals surface area contributed by atoms with Gasteiger partial charge in [-0.05, 0) is 50.8 Å². The smallest absolute Gasteiger partial charge is 0.322 e. The molecule has 2 fully saturated rings. The molecule has 1 saturated carbocycles. The first-order valence-electron chi connectivity index (χ1n) is 10.7. The van der Waals surface area contributed by atoms with Crippen molar-refractivity contribution in [3.8, 4) is 0 Å². The van der Waals surface area contributed by atoms with E-state index in [-0.39, 0.29) is 23.8 Å². The fourth-order valence-electron chi connectivity index (χ4n) is 4.57. The minimum atomic E-state index is -0.815. The number of nitrogens with zero attached hydrogens (tertiary/aromatic N) is 1. The molecule has 4 amide bonds. The Balaban J connectivity index is 1.54. The molecule has 0 aromatic heterocycles. The molecule has 0 bridgehead atoms. The van der Waals surface area contributed by atoms with Crippen molar-refractivity contribution in [2.24, 2.45) is 5.92 Å². The molecule has 7 nitrogen and oxygen atoms in total. The third kappa shape index (κ3) is 4.96. The monoisotopic (exact) mass is 400 g/mol. The predicted molar refractivity (Wildman–Crippen MR) is 111 cm³/mol. The van der Waals surface area contributed by atoms with Crippen LogP contribution in [0.25, 0.3) is 0 Å². The van der Waals surface area contributed by atoms with Crippen LogP contribution < -0.4 is 16.0 Å². The SMILES string of the molecule is CCN(CC)C(CNC(=O)C1CCC2(CC1)NC(=O)NC2=O)Cc1ccccc1. The van der Waals surface area contributed by atoms with Crippen molar-refractivity contribution in [1.29, 1.82) is 0 Å². The Morgan fingerprint density at radius 1 is 1.17 bits per heavy atom. The highest BCUT2D eigenvalue weighted by Crippen LogP contribution is 2.34. The zero-order chi connectivity index (χ0) is 20.9. The van der Waals surface area contributed by atoms with E-state index in [1.54, 1.807) is 0 Å². The van der Waals surface area contributed by atoms with Crippen molar-refractivity contribution in [1.82, 2.24) is 20.9 Å². The van der Waals surface area contributed by atoms with Gasteiger partial charge in [-0.2, -0.15) is 0 Å². The number of imide groups is 1. The van der Waals surface area contributed by atoms with Gasteiger partial charge in [-0.15, -0.1) is 0 Å². The Hall–Kier alpha value is -2.41. The third-order valence-corrected chi connectivity index (χ3v) is 6.38. The van der Waals surface area contributed by atoms with E-state index in [2.05, 4.69) is 46.8 Å². The molecule has 1 saturated heterocycles. The van der Waals surface area contributed by atoms with E-state index in [1.807, 2.05) is 18.2 Å². The third-order valence-electron chi connectivity index (χ3n) is 6.38. The number of amides is 4. The number of carbonyl (C=O) groups is 3. The minimum Gasteiger partial charge on any atom is -0.354 e. The van der Waals surface area contributed by atoms with Gasteiger partial charge in [-0.25, -0.2) is 4.79 Å². The second-order valence-electron chi connectivity index (χ2n) is 8.07. The predicted octanol–water partition coefficient (Wildman–Crippen LogP) is 1.82. The molecule has 1 aromatic rings. The lowest BCUT2D eigenvalue weighted by atomic mass is 9.76. The van der Waals surface area contributed by atoms with Crippen LogP contribution in [0.4, 0.5) is 4.79 Å². The van der Waals surface area contributed by atoms with Gasteiger partial charge in [0, 0.05) is 18.5 Å². The normalized spacial score (nSPS) is 25.0. The van der Waals surface area contributed by atoms with Gasteiger partial charge in [0.1, 0.15) is 5.54 Å². The number of urea groups is 1. The van der Waals surface area contributed by atoms with Crippen LogP contribution in [-0.2, 0) is 16.0 Å². The number of hydrogen-bond donors (Lipinski definition) is 3. The molecule has 1 atom stereocenters. The first-order chi connectivity index (χ1) is 14.0. The molecule has 158 valence electrons. The van der Waals surface area contributed by atoms with Crippen LogP contribution in [-0.4, -0.2) is 54.0 Å². The molecule has 1 unspecified atom stereocenters. The maximum Gasteiger partial charge on any atom is 0.322 e. The second kappa shape index (κ2) is 9.39. The molecule has 0 radical (unpaired) electrons. The Labute approximate surface area is 172 Å². The summed E-state index contributed by atoms with van der Waals surface area (Å²) in [4.78, 5) is 38.7. The van der Waals surface area contributed by atoms with Crippen LogP contribution in [0, 0.1) is 5.92 Å². The summed E-state index contributed by atoms with van der Waals surface area (Å²) < 4.78 is 0. The van der Waals surface area contributed by atoms with E-state index >= 15 is 0 Å². The fraction of sp³-hybridized carbons (Fsp3) is 0.591. The minimum absolute atomic E-state index is 0.0507. The average Bonchev–Trinajstić information content (AvgIpc) is 3.00. The van der Waals surface area contributed by atoms with Gasteiger partial charge in [0.25, 0.3) is 5.91 Å². The number of benzene rings is 1. The van der Waals surface area contributed by atoms with Crippen LogP contribution in [0.2, 0.25) is 0 Å². The van der Waals surface area contributed by atoms with Crippen LogP contribution in [0.1, 0.15) is 45.1 Å². The second-order valence-corrected chi connectivity index (χ2v) is 8.07. The van der Waals surface area contributed by atoms with Crippen LogP contribution >= 0.6 is 0 Å². The maximum atomic E-state index is 12.8. The number of carbonyl (C=O) groups excluding carboxylic acids is 3. The van der Waals surface area contributed by atoms with Crippen LogP contribution in [0.15, 0.2) is 30.3 Å². The number of rotatable bonds is 8. The van der Waals surface area contributed by atoms with E-state index in [9.17, 15) is 14.4 Å². The summed E-state index contributed by atoms with van der Waals surface area (Å²) in [5.41, 5.74) is 0.450. The Kier molecular flexibility index (Phi) is 6.90. The summed E-state index contributed by atoms with van der Waals surface area (Å²) in [5, 5.41) is 8.22. The van der Waals surface area contributed by atoms with Gasteiger partial charge in [0.2, 0.25) is 5.91 Å². The zero-order valence-corrected chi connectivity index (χ0v) is 17.4. The highest BCUT2D eigenvalue weighted by molar-refractivity contribution is 6.07. The molecule has 1 heterocycles. The first kappa shape index (κ1) is 21.3. The summed E-state index contributed by atoms with van der Waals surface area (Å²) in [6.07, 6.45) is 3.11. The highest BCUT2D eigenvalue weighted by Gasteiger charge is 2.48. The van der Waals surface area contributed by atoms with Gasteiger partial charge in [0.15, 0.2) is 0 Å². The summed E-state index contributed by atoms with van der Waals surface area (Å²) in [7, 11) is 0. The van der Waals surface area contributed by atoms with Gasteiger partial charge >= 0.3 is 6.03 Å². The van der Waals surface area contributed by atoms with Crippen molar-refractivity contribution in [2.45, 2.75) is 57.5 Å². The van der Waals surface area contributed by atoms with E-state index < -0.39 is 11.6 Å². The van der Waals surface area contributed by atoms with Crippen molar-refractivity contribution >= 4 is 17.8 Å². The van der Waals surface area contributed by atoms with Crippen molar-refractivity contribution in [3.05, 3.63) is 35.9 Å². The largest absolute Gasteiger partial charge is 0.354 e. The van der Waals surface area contributed by atoms with E-state index in [0.29, 0.717) is 32.2 Å². The van der Waals surface area contributed by atoms with E-state index in [4.69, 9.17) is 0 Å². The summed E-state index contributed by atoms with van der Waals surface area (Å²) in [5.74, 6) is -0.319. The van der Waals surface area contributed by atoms with E-state index in [0.717, 1.165) is 19.5 Å². The quantitative estimate of drug-likeness (QED) is 0.581. The molecule has 2 aliphatic rings. The standard InChI is InChI=1S/C22H32N4O3/c1-3-26(4-2)18(14-16-8-6-5-7-9-16)15-23-19(27)17-10-12-22(13-11-17)20(28)24-21(29)25-22/h5-9,17-18H,3-4,10-15H2,1-2H3,(H,23,27)(H2,24,25,28,29). The molecule has 7 heteroatoms. The number of likely N-dealkylation sites (N-methyl/N-ethyl adjacent to an activating group) is 1. The first-order valence-corrected chi connectivity index (χ1v) is 10.7. The lowest BCUT2D eigenvalue weighted by Gasteiger charge is -2.35. The number of nitrogens with one attached hydrogen (secondary N) is 3. The molecule has 3 N–H and O–H groups in total. The van der Waals surface area contributed by atoms with Crippen molar-refractivity contribution in [2.75, 3.05) is 19.6 Å². The molecular formula is C22H32N4O3. The lowest BCUT2D eigenvalue weighted by molar-refractivity contribution is -0.130. The Morgan fingerprint density at radius 3 is 2.38 bits per heavy atom. The molecule has 29 heavy (non-hydrogen) atoms. The van der Waals surface area contributed by atoms with Gasteiger partial charge in [0.05, 0.1) is 0 Å². The fourth-order valence-corrected chi connectivity index (χ4v) is 4.57. The summed E-state index contributed by atoms with van der Waals surface area (Å²) in [6.45, 7) is 6.76. The zero-order valence-electron chi connectivity index (χ0n) is 17.4. The molecular weight excluding hydrogens is 368 g/mol. The maximum absolute atomic E-state index is 12.8. The number of hydrogen-bond acceptors (Lipinski definition) is 4. The average molecular weight is 401 g/mol. The molecule has 1 spiro atoms. The molecule has 1 aromatic carbocycles. The highest BCUT2D eigenvalue weighted by atomic mass is 16.2.